The van der Waals surface area contributed by atoms with Crippen LogP contribution in [-0.4, -0.2) is 12.3 Å². The highest BCUT2D eigenvalue weighted by Crippen LogP contribution is 2.38. The van der Waals surface area contributed by atoms with E-state index >= 15 is 0 Å². The van der Waals surface area contributed by atoms with Crippen molar-refractivity contribution in [3.05, 3.63) is 0 Å². The highest BCUT2D eigenvalue weighted by molar-refractivity contribution is 8.11. The number of hydrogen-bond acceptors (Lipinski definition) is 0. The van der Waals surface area contributed by atoms with Crippen LogP contribution in [0.2, 0.25) is 0 Å². The van der Waals surface area contributed by atoms with Gasteiger partial charge >= 0.3 is 0 Å². The quantitative estimate of drug-likeness (QED) is 0.206. The van der Waals surface area contributed by atoms with Crippen LogP contribution in [0.5, 0.6) is 0 Å². The van der Waals surface area contributed by atoms with Crippen LogP contribution >= 0.6 is 16.5 Å². The van der Waals surface area contributed by atoms with Gasteiger partial charge in [-0.15, -0.1) is 0 Å². The maximum absolute atomic E-state index is 2.30. The standard InChI is InChI=1S/C17H38P2/c1-3-5-7-9-10-11-13-15-17-19-18-16-14-12-8-6-4-2/h18-19H,3-17H2,1-2H3. The molecule has 0 saturated carbocycles. The fourth-order valence-corrected chi connectivity index (χ4v) is 5.67. The third-order valence-corrected chi connectivity index (χ3v) is 7.39. The molecule has 0 aromatic rings. The summed E-state index contributed by atoms with van der Waals surface area (Å²) in [4.78, 5) is 0. The number of unbranched alkanes of at least 4 members (excludes halogenated alkanes) is 11. The molecule has 0 aromatic carbocycles. The summed E-state index contributed by atoms with van der Waals surface area (Å²) >= 11 is 0. The maximum atomic E-state index is 2.30. The summed E-state index contributed by atoms with van der Waals surface area (Å²) in [5.41, 5.74) is 0. The summed E-state index contributed by atoms with van der Waals surface area (Å²) in [5, 5.41) is 0. The third kappa shape index (κ3) is 18.9. The molecule has 0 aromatic heterocycles. The molecule has 19 heavy (non-hydrogen) atoms. The minimum atomic E-state index is 1.28. The van der Waals surface area contributed by atoms with Crippen molar-refractivity contribution in [1.82, 2.24) is 0 Å². The van der Waals surface area contributed by atoms with E-state index in [2.05, 4.69) is 13.8 Å². The van der Waals surface area contributed by atoms with Crippen LogP contribution in [0.1, 0.15) is 97.3 Å². The molecule has 0 amide bonds. The Morgan fingerprint density at radius 3 is 1.11 bits per heavy atom. The van der Waals surface area contributed by atoms with Gasteiger partial charge in [0.1, 0.15) is 0 Å². The molecule has 0 fully saturated rings. The van der Waals surface area contributed by atoms with Crippen molar-refractivity contribution in [2.45, 2.75) is 97.3 Å². The average Bonchev–Trinajstić information content (AvgIpc) is 2.43. The average molecular weight is 304 g/mol. The zero-order valence-corrected chi connectivity index (χ0v) is 15.6. The lowest BCUT2D eigenvalue weighted by Gasteiger charge is -2.03. The Hall–Kier alpha value is 0.860. The van der Waals surface area contributed by atoms with Gasteiger partial charge in [-0.2, -0.15) is 0 Å². The molecule has 0 aliphatic rings. The van der Waals surface area contributed by atoms with Crippen molar-refractivity contribution in [2.24, 2.45) is 0 Å². The van der Waals surface area contributed by atoms with E-state index in [4.69, 9.17) is 0 Å². The van der Waals surface area contributed by atoms with E-state index in [1.807, 2.05) is 0 Å². The largest absolute Gasteiger partial charge is 0.0992 e. The van der Waals surface area contributed by atoms with Crippen molar-refractivity contribution in [1.29, 1.82) is 0 Å². The van der Waals surface area contributed by atoms with Crippen LogP contribution in [0.25, 0.3) is 0 Å². The van der Waals surface area contributed by atoms with Crippen molar-refractivity contribution in [3.63, 3.8) is 0 Å². The predicted molar refractivity (Wildman–Crippen MR) is 97.7 cm³/mol. The van der Waals surface area contributed by atoms with Gasteiger partial charge in [0.2, 0.25) is 0 Å². The van der Waals surface area contributed by atoms with Crippen molar-refractivity contribution >= 4 is 16.5 Å². The van der Waals surface area contributed by atoms with Crippen LogP contribution in [-0.2, 0) is 0 Å². The van der Waals surface area contributed by atoms with Gasteiger partial charge in [0, 0.05) is 0 Å². The first kappa shape index (κ1) is 19.9. The van der Waals surface area contributed by atoms with E-state index in [9.17, 15) is 0 Å². The van der Waals surface area contributed by atoms with Gasteiger partial charge in [-0.05, 0) is 25.2 Å². The van der Waals surface area contributed by atoms with Crippen LogP contribution in [0, 0.1) is 0 Å². The molecule has 0 saturated heterocycles. The van der Waals surface area contributed by atoms with Crippen LogP contribution in [0.3, 0.4) is 0 Å². The number of hydrogen-bond donors (Lipinski definition) is 0. The minimum absolute atomic E-state index is 1.28. The molecule has 0 N–H and O–H groups in total. The molecular weight excluding hydrogens is 266 g/mol. The topological polar surface area (TPSA) is 0 Å². The fraction of sp³-hybridized carbons (Fsp3) is 1.00. The predicted octanol–water partition coefficient (Wildman–Crippen LogP) is 7.37. The first-order valence-electron chi connectivity index (χ1n) is 8.87. The maximum Gasteiger partial charge on any atom is -0.0317 e. The summed E-state index contributed by atoms with van der Waals surface area (Å²) in [6.07, 6.45) is 22.1. The highest BCUT2D eigenvalue weighted by atomic mass is 32.0. The molecule has 0 bridgehead atoms. The molecule has 2 unspecified atom stereocenters. The zero-order valence-electron chi connectivity index (χ0n) is 13.6. The van der Waals surface area contributed by atoms with E-state index in [0.29, 0.717) is 0 Å². The lowest BCUT2D eigenvalue weighted by atomic mass is 10.1. The Labute approximate surface area is 126 Å². The van der Waals surface area contributed by atoms with E-state index < -0.39 is 0 Å². The smallest absolute Gasteiger partial charge is 0.0317 e. The Kier molecular flexibility index (Phi) is 19.7. The Balaban J connectivity index is 2.88. The van der Waals surface area contributed by atoms with Gasteiger partial charge in [0.05, 0.1) is 0 Å². The summed E-state index contributed by atoms with van der Waals surface area (Å²) in [7, 11) is 2.57. The van der Waals surface area contributed by atoms with E-state index in [1.165, 1.54) is 112 Å². The fourth-order valence-electron chi connectivity index (χ4n) is 2.34. The molecule has 116 valence electrons. The summed E-state index contributed by atoms with van der Waals surface area (Å²) in [5.74, 6) is 0. The monoisotopic (exact) mass is 304 g/mol. The molecule has 2 heteroatoms. The first-order chi connectivity index (χ1) is 9.41. The molecule has 0 aliphatic heterocycles. The van der Waals surface area contributed by atoms with Crippen molar-refractivity contribution in [2.75, 3.05) is 12.3 Å². The van der Waals surface area contributed by atoms with Crippen LogP contribution in [0.15, 0.2) is 0 Å². The highest BCUT2D eigenvalue weighted by Gasteiger charge is 1.93. The summed E-state index contributed by atoms with van der Waals surface area (Å²) < 4.78 is 0. The second kappa shape index (κ2) is 18.9. The molecule has 0 nitrogen and oxygen atoms in total. The number of rotatable bonds is 16. The molecule has 0 spiro atoms. The normalized spacial score (nSPS) is 12.3. The Bertz CT molecular complexity index is 132. The molecule has 0 aliphatic carbocycles. The molecule has 2 atom stereocenters. The van der Waals surface area contributed by atoms with Crippen LogP contribution in [0.4, 0.5) is 0 Å². The lowest BCUT2D eigenvalue weighted by Crippen LogP contribution is -1.82. The molecule has 0 rings (SSSR count). The molecule has 0 heterocycles. The van der Waals surface area contributed by atoms with Gasteiger partial charge in [0.15, 0.2) is 0 Å². The molecule has 0 radical (unpaired) electrons. The third-order valence-electron chi connectivity index (χ3n) is 3.69. The van der Waals surface area contributed by atoms with Crippen LogP contribution < -0.4 is 0 Å². The first-order valence-corrected chi connectivity index (χ1v) is 12.3. The second-order valence-electron chi connectivity index (χ2n) is 5.74. The van der Waals surface area contributed by atoms with Gasteiger partial charge in [-0.1, -0.05) is 101 Å². The van der Waals surface area contributed by atoms with Gasteiger partial charge in [-0.25, -0.2) is 0 Å². The van der Waals surface area contributed by atoms with E-state index in [1.54, 1.807) is 0 Å². The van der Waals surface area contributed by atoms with Crippen molar-refractivity contribution < 1.29 is 0 Å². The van der Waals surface area contributed by atoms with E-state index in [-0.39, 0.29) is 0 Å². The Morgan fingerprint density at radius 2 is 0.737 bits per heavy atom. The lowest BCUT2D eigenvalue weighted by molar-refractivity contribution is 0.586. The SMILES string of the molecule is CCCCCCCCCCPPCCCCCCC. The summed E-state index contributed by atoms with van der Waals surface area (Å²) in [6, 6.07) is 0. The zero-order chi connectivity index (χ0) is 14.0. The minimum Gasteiger partial charge on any atom is -0.0992 e. The Morgan fingerprint density at radius 1 is 0.421 bits per heavy atom. The van der Waals surface area contributed by atoms with Gasteiger partial charge in [-0.3, -0.25) is 0 Å². The molecular formula is C17H38P2. The second-order valence-corrected chi connectivity index (χ2v) is 9.57. The van der Waals surface area contributed by atoms with Gasteiger partial charge < -0.3 is 0 Å². The summed E-state index contributed by atoms with van der Waals surface area (Å²) in [6.45, 7) is 4.60. The van der Waals surface area contributed by atoms with Gasteiger partial charge in [0.25, 0.3) is 0 Å². The van der Waals surface area contributed by atoms with E-state index in [0.717, 1.165) is 0 Å². The van der Waals surface area contributed by atoms with Crippen molar-refractivity contribution in [3.8, 4) is 0 Å².